The molecule has 0 spiro atoms. The lowest BCUT2D eigenvalue weighted by atomic mass is 10.2. The lowest BCUT2D eigenvalue weighted by molar-refractivity contribution is 0.506. The van der Waals surface area contributed by atoms with E-state index >= 15 is 0 Å². The zero-order valence-electron chi connectivity index (χ0n) is 14.5. The molecule has 7 heteroatoms. The van der Waals surface area contributed by atoms with Gasteiger partial charge in [-0.1, -0.05) is 13.8 Å². The molecule has 0 saturated carbocycles. The summed E-state index contributed by atoms with van der Waals surface area (Å²) in [4.78, 5) is 9.08. The Bertz CT molecular complexity index is 571. The Hall–Kier alpha value is -1.09. The van der Waals surface area contributed by atoms with Crippen molar-refractivity contribution in [3.8, 4) is 0 Å². The Morgan fingerprint density at radius 2 is 2.25 bits per heavy atom. The quantitative estimate of drug-likeness (QED) is 0.353. The molecule has 0 amide bonds. The van der Waals surface area contributed by atoms with E-state index < -0.39 is 0 Å². The van der Waals surface area contributed by atoms with Crippen LogP contribution in [0.15, 0.2) is 39.4 Å². The summed E-state index contributed by atoms with van der Waals surface area (Å²) < 4.78 is 5.36. The number of nitrogens with one attached hydrogen (secondary N) is 2. The molecule has 0 bridgehead atoms. The van der Waals surface area contributed by atoms with Crippen molar-refractivity contribution in [1.82, 2.24) is 15.6 Å². The number of halogens is 1. The van der Waals surface area contributed by atoms with E-state index in [0.29, 0.717) is 12.0 Å². The molecule has 0 saturated heterocycles. The summed E-state index contributed by atoms with van der Waals surface area (Å²) in [6, 6.07) is 4.29. The van der Waals surface area contributed by atoms with Crippen molar-refractivity contribution in [3.05, 3.63) is 40.7 Å². The van der Waals surface area contributed by atoms with Crippen LogP contribution in [-0.2, 0) is 6.42 Å². The average Bonchev–Trinajstić information content (AvgIpc) is 3.25. The van der Waals surface area contributed by atoms with Crippen molar-refractivity contribution >= 4 is 41.3 Å². The molecule has 2 rings (SSSR count). The van der Waals surface area contributed by atoms with Gasteiger partial charge in [0.25, 0.3) is 0 Å². The van der Waals surface area contributed by atoms with Crippen molar-refractivity contribution in [2.45, 2.75) is 45.6 Å². The molecule has 2 aromatic heterocycles. The normalized spacial score (nSPS) is 13.9. The van der Waals surface area contributed by atoms with Crippen LogP contribution in [0, 0.1) is 0 Å². The van der Waals surface area contributed by atoms with Crippen LogP contribution >= 0.6 is 35.3 Å². The number of furan rings is 1. The van der Waals surface area contributed by atoms with Gasteiger partial charge in [-0.2, -0.15) is 0 Å². The molecule has 0 aliphatic heterocycles. The predicted molar refractivity (Wildman–Crippen MR) is 112 cm³/mol. The van der Waals surface area contributed by atoms with E-state index in [1.165, 1.54) is 0 Å². The van der Waals surface area contributed by atoms with Gasteiger partial charge in [0, 0.05) is 36.5 Å². The van der Waals surface area contributed by atoms with Gasteiger partial charge in [0.05, 0.1) is 17.8 Å². The van der Waals surface area contributed by atoms with Crippen molar-refractivity contribution in [3.63, 3.8) is 0 Å². The fourth-order valence-corrected chi connectivity index (χ4v) is 2.72. The van der Waals surface area contributed by atoms with E-state index in [9.17, 15) is 0 Å². The lowest BCUT2D eigenvalue weighted by Gasteiger charge is -2.17. The van der Waals surface area contributed by atoms with E-state index in [-0.39, 0.29) is 24.0 Å². The monoisotopic (exact) mass is 462 g/mol. The number of rotatable bonds is 8. The maximum atomic E-state index is 5.36. The van der Waals surface area contributed by atoms with Crippen molar-refractivity contribution in [1.29, 1.82) is 0 Å². The minimum absolute atomic E-state index is 0. The first-order valence-electron chi connectivity index (χ1n) is 8.15. The average molecular weight is 462 g/mol. The number of thiazole rings is 1. The zero-order chi connectivity index (χ0) is 16.5. The second-order valence-corrected chi connectivity index (χ2v) is 6.60. The Morgan fingerprint density at radius 1 is 1.42 bits per heavy atom. The minimum atomic E-state index is 0. The summed E-state index contributed by atoms with van der Waals surface area (Å²) in [6.07, 6.45) is 5.45. The lowest BCUT2D eigenvalue weighted by Crippen LogP contribution is -2.43. The molecular weight excluding hydrogens is 435 g/mol. The molecule has 2 atom stereocenters. The minimum Gasteiger partial charge on any atom is -0.469 e. The first-order chi connectivity index (χ1) is 11.2. The second kappa shape index (κ2) is 11.5. The third-order valence-electron chi connectivity index (χ3n) is 3.64. The third-order valence-corrected chi connectivity index (χ3v) is 4.64. The van der Waals surface area contributed by atoms with Crippen LogP contribution in [0.25, 0.3) is 0 Å². The smallest absolute Gasteiger partial charge is 0.191 e. The van der Waals surface area contributed by atoms with Crippen molar-refractivity contribution in [2.24, 2.45) is 4.99 Å². The van der Waals surface area contributed by atoms with E-state index in [4.69, 9.17) is 9.41 Å². The maximum absolute atomic E-state index is 5.36. The molecule has 2 unspecified atom stereocenters. The predicted octanol–water partition coefficient (Wildman–Crippen LogP) is 4.03. The van der Waals surface area contributed by atoms with Gasteiger partial charge in [-0.05, 0) is 25.5 Å². The van der Waals surface area contributed by atoms with E-state index in [1.54, 1.807) is 17.6 Å². The third kappa shape index (κ3) is 7.21. The molecule has 2 N–H and O–H groups in total. The second-order valence-electron chi connectivity index (χ2n) is 5.67. The summed E-state index contributed by atoms with van der Waals surface area (Å²) >= 11 is 1.68. The van der Waals surface area contributed by atoms with Crippen molar-refractivity contribution < 1.29 is 4.42 Å². The van der Waals surface area contributed by atoms with E-state index in [2.05, 4.69) is 36.4 Å². The molecule has 2 aromatic rings. The fourth-order valence-electron chi connectivity index (χ4n) is 2.03. The van der Waals surface area contributed by atoms with Gasteiger partial charge in [0.2, 0.25) is 0 Å². The number of guanidine groups is 1. The Morgan fingerprint density at radius 3 is 2.88 bits per heavy atom. The Balaban J connectivity index is 0.00000288. The highest BCUT2D eigenvalue weighted by Gasteiger charge is 2.09. The van der Waals surface area contributed by atoms with E-state index in [0.717, 1.165) is 42.7 Å². The molecule has 24 heavy (non-hydrogen) atoms. The Kier molecular flexibility index (Phi) is 10.0. The molecule has 2 heterocycles. The summed E-state index contributed by atoms with van der Waals surface area (Å²) in [7, 11) is 0. The van der Waals surface area contributed by atoms with Gasteiger partial charge < -0.3 is 15.1 Å². The number of aromatic nitrogens is 1. The number of nitrogens with zero attached hydrogens (tertiary/aromatic N) is 2. The largest absolute Gasteiger partial charge is 0.469 e. The van der Waals surface area contributed by atoms with Gasteiger partial charge >= 0.3 is 0 Å². The Labute approximate surface area is 165 Å². The summed E-state index contributed by atoms with van der Waals surface area (Å²) in [5.74, 6) is 2.17. The summed E-state index contributed by atoms with van der Waals surface area (Å²) in [5, 5.41) is 9.97. The molecule has 0 fully saturated rings. The highest BCUT2D eigenvalue weighted by atomic mass is 127. The molecule has 0 aromatic carbocycles. The van der Waals surface area contributed by atoms with Crippen LogP contribution in [0.5, 0.6) is 0 Å². The SMILES string of the molecule is CCC(C)NC(=NCC(C)c1nccs1)NCCc1ccco1.I. The highest BCUT2D eigenvalue weighted by molar-refractivity contribution is 14.0. The zero-order valence-corrected chi connectivity index (χ0v) is 17.6. The molecular formula is C17H27IN4OS. The van der Waals surface area contributed by atoms with Gasteiger partial charge in [0.15, 0.2) is 5.96 Å². The summed E-state index contributed by atoms with van der Waals surface area (Å²) in [6.45, 7) is 8.00. The molecule has 0 aliphatic rings. The van der Waals surface area contributed by atoms with Crippen LogP contribution in [0.1, 0.15) is 43.9 Å². The summed E-state index contributed by atoms with van der Waals surface area (Å²) in [5.41, 5.74) is 0. The van der Waals surface area contributed by atoms with Crippen LogP contribution in [0.2, 0.25) is 0 Å². The van der Waals surface area contributed by atoms with Crippen LogP contribution in [0.3, 0.4) is 0 Å². The topological polar surface area (TPSA) is 62.5 Å². The first-order valence-corrected chi connectivity index (χ1v) is 9.03. The van der Waals surface area contributed by atoms with Crippen LogP contribution in [-0.4, -0.2) is 30.1 Å². The van der Waals surface area contributed by atoms with Gasteiger partial charge in [0.1, 0.15) is 5.76 Å². The van der Waals surface area contributed by atoms with Crippen LogP contribution < -0.4 is 10.6 Å². The van der Waals surface area contributed by atoms with Gasteiger partial charge in [-0.3, -0.25) is 4.99 Å². The van der Waals surface area contributed by atoms with Crippen molar-refractivity contribution in [2.75, 3.05) is 13.1 Å². The first kappa shape index (κ1) is 21.0. The highest BCUT2D eigenvalue weighted by Crippen LogP contribution is 2.17. The van der Waals surface area contributed by atoms with Gasteiger partial charge in [-0.25, -0.2) is 4.98 Å². The molecule has 5 nitrogen and oxygen atoms in total. The number of hydrogen-bond acceptors (Lipinski definition) is 4. The van der Waals surface area contributed by atoms with Gasteiger partial charge in [-0.15, -0.1) is 35.3 Å². The number of hydrogen-bond donors (Lipinski definition) is 2. The van der Waals surface area contributed by atoms with Crippen LogP contribution in [0.4, 0.5) is 0 Å². The van der Waals surface area contributed by atoms with E-state index in [1.807, 2.05) is 23.7 Å². The molecule has 0 aliphatic carbocycles. The fraction of sp³-hybridized carbons (Fsp3) is 0.529. The molecule has 0 radical (unpaired) electrons. The standard InChI is InChI=1S/C17H26N4OS.HI/c1-4-14(3)21-17(19-8-7-15-6-5-10-22-15)20-12-13(2)16-18-9-11-23-16;/h5-6,9-11,13-14H,4,7-8,12H2,1-3H3,(H2,19,20,21);1H. The molecule has 134 valence electrons. The maximum Gasteiger partial charge on any atom is 0.191 e. The number of aliphatic imine (C=N–C) groups is 1.